The first-order valence-electron chi connectivity index (χ1n) is 9.94. The Morgan fingerprint density at radius 3 is 2.48 bits per heavy atom. The summed E-state index contributed by atoms with van der Waals surface area (Å²) in [5.41, 5.74) is 2.63. The predicted molar refractivity (Wildman–Crippen MR) is 112 cm³/mol. The van der Waals surface area contributed by atoms with E-state index >= 15 is 0 Å². The molecule has 1 aliphatic heterocycles. The smallest absolute Gasteiger partial charge is 0.253 e. The molecule has 3 N–H and O–H groups in total. The number of amides is 3. The molecule has 1 heterocycles. The highest BCUT2D eigenvalue weighted by Gasteiger charge is 2.25. The van der Waals surface area contributed by atoms with Crippen LogP contribution in [-0.2, 0) is 9.59 Å². The number of benzene rings is 2. The van der Waals surface area contributed by atoms with Gasteiger partial charge in [-0.25, -0.2) is 0 Å². The molecule has 150 valence electrons. The molecule has 2 aromatic rings. The zero-order valence-corrected chi connectivity index (χ0v) is 16.1. The van der Waals surface area contributed by atoms with E-state index in [-0.39, 0.29) is 30.3 Å². The lowest BCUT2D eigenvalue weighted by atomic mass is 10.1. The first-order valence-corrected chi connectivity index (χ1v) is 9.94. The summed E-state index contributed by atoms with van der Waals surface area (Å²) in [5, 5.41) is 8.81. The highest BCUT2D eigenvalue weighted by molar-refractivity contribution is 6.04. The van der Waals surface area contributed by atoms with Crippen molar-refractivity contribution < 1.29 is 14.4 Å². The Morgan fingerprint density at radius 2 is 1.79 bits per heavy atom. The lowest BCUT2D eigenvalue weighted by molar-refractivity contribution is -0.117. The van der Waals surface area contributed by atoms with Crippen LogP contribution < -0.4 is 20.9 Å². The average Bonchev–Trinajstić information content (AvgIpc) is 3.44. The fourth-order valence-electron chi connectivity index (χ4n) is 3.34. The molecule has 0 bridgehead atoms. The zero-order valence-electron chi connectivity index (χ0n) is 16.1. The molecule has 0 radical (unpaired) electrons. The summed E-state index contributed by atoms with van der Waals surface area (Å²) in [7, 11) is 0. The van der Waals surface area contributed by atoms with Crippen molar-refractivity contribution in [3.05, 3.63) is 54.1 Å². The number of para-hydroxylation sites is 1. The van der Waals surface area contributed by atoms with Crippen molar-refractivity contribution in [1.82, 2.24) is 5.32 Å². The second-order valence-corrected chi connectivity index (χ2v) is 7.39. The number of nitrogens with zero attached hydrogens (tertiary/aromatic N) is 1. The molecule has 4 rings (SSSR count). The Morgan fingerprint density at radius 1 is 1.03 bits per heavy atom. The maximum atomic E-state index is 12.4. The Bertz CT molecular complexity index is 922. The second-order valence-electron chi connectivity index (χ2n) is 7.39. The van der Waals surface area contributed by atoms with Gasteiger partial charge in [0.1, 0.15) is 0 Å². The van der Waals surface area contributed by atoms with Crippen molar-refractivity contribution in [3.8, 4) is 0 Å². The van der Waals surface area contributed by atoms with E-state index in [1.165, 1.54) is 0 Å². The summed E-state index contributed by atoms with van der Waals surface area (Å²) in [6.45, 7) is 0.822. The highest BCUT2D eigenvalue weighted by Crippen LogP contribution is 2.23. The second kappa shape index (κ2) is 8.34. The minimum Gasteiger partial charge on any atom is -0.376 e. The monoisotopic (exact) mass is 392 g/mol. The van der Waals surface area contributed by atoms with E-state index in [0.29, 0.717) is 17.7 Å². The number of rotatable bonds is 7. The summed E-state index contributed by atoms with van der Waals surface area (Å²) in [6.07, 6.45) is 3.50. The molecule has 0 aromatic heterocycles. The molecular weight excluding hydrogens is 368 g/mol. The quantitative estimate of drug-likeness (QED) is 0.676. The van der Waals surface area contributed by atoms with Crippen molar-refractivity contribution in [2.75, 3.05) is 28.6 Å². The molecule has 2 aromatic carbocycles. The third-order valence-corrected chi connectivity index (χ3v) is 5.06. The predicted octanol–water partition coefficient (Wildman–Crippen LogP) is 2.76. The average molecular weight is 392 g/mol. The number of hydrogen-bond acceptors (Lipinski definition) is 4. The standard InChI is InChI=1S/C22H24N4O3/c27-20(25-19-5-2-1-4-18(19)22(29)24-16-7-8-16)14-23-15-9-11-17(12-10-15)26-13-3-6-21(26)28/h1-2,4-5,9-12,16,23H,3,6-8,13-14H2,(H,24,29)(H,25,27). The fourth-order valence-corrected chi connectivity index (χ4v) is 3.34. The van der Waals surface area contributed by atoms with Crippen LogP contribution in [0.1, 0.15) is 36.0 Å². The molecule has 7 nitrogen and oxygen atoms in total. The molecule has 1 saturated carbocycles. The summed E-state index contributed by atoms with van der Waals surface area (Å²) >= 11 is 0. The number of anilines is 3. The van der Waals surface area contributed by atoms with Crippen LogP contribution in [0.3, 0.4) is 0 Å². The molecule has 0 unspecified atom stereocenters. The lowest BCUT2D eigenvalue weighted by Gasteiger charge is -2.16. The summed E-state index contributed by atoms with van der Waals surface area (Å²) in [6, 6.07) is 14.7. The fraction of sp³-hybridized carbons (Fsp3) is 0.318. The Balaban J connectivity index is 1.32. The van der Waals surface area contributed by atoms with E-state index in [4.69, 9.17) is 0 Å². The molecule has 0 spiro atoms. The third kappa shape index (κ3) is 4.74. The van der Waals surface area contributed by atoms with Crippen LogP contribution in [0.15, 0.2) is 48.5 Å². The molecule has 29 heavy (non-hydrogen) atoms. The maximum Gasteiger partial charge on any atom is 0.253 e. The van der Waals surface area contributed by atoms with Crippen molar-refractivity contribution >= 4 is 34.8 Å². The number of hydrogen-bond donors (Lipinski definition) is 3. The van der Waals surface area contributed by atoms with E-state index in [1.807, 2.05) is 24.3 Å². The lowest BCUT2D eigenvalue weighted by Crippen LogP contribution is -2.28. The van der Waals surface area contributed by atoms with E-state index in [1.54, 1.807) is 29.2 Å². The Labute approximate surface area is 169 Å². The summed E-state index contributed by atoms with van der Waals surface area (Å²) < 4.78 is 0. The van der Waals surface area contributed by atoms with Crippen molar-refractivity contribution in [1.29, 1.82) is 0 Å². The van der Waals surface area contributed by atoms with Crippen molar-refractivity contribution in [2.24, 2.45) is 0 Å². The van der Waals surface area contributed by atoms with Gasteiger partial charge in [0.2, 0.25) is 11.8 Å². The van der Waals surface area contributed by atoms with E-state index in [9.17, 15) is 14.4 Å². The van der Waals surface area contributed by atoms with Crippen LogP contribution in [0, 0.1) is 0 Å². The number of carbonyl (C=O) groups excluding carboxylic acids is 3. The number of nitrogens with one attached hydrogen (secondary N) is 3. The van der Waals surface area contributed by atoms with Gasteiger partial charge in [0, 0.05) is 30.4 Å². The molecule has 3 amide bonds. The molecular formula is C22H24N4O3. The van der Waals surface area contributed by atoms with Crippen molar-refractivity contribution in [3.63, 3.8) is 0 Å². The van der Waals surface area contributed by atoms with Gasteiger partial charge in [0.15, 0.2) is 0 Å². The molecule has 0 atom stereocenters. The van der Waals surface area contributed by atoms with Crippen LogP contribution in [0.5, 0.6) is 0 Å². The molecule has 2 fully saturated rings. The van der Waals surface area contributed by atoms with Crippen LogP contribution >= 0.6 is 0 Å². The van der Waals surface area contributed by atoms with Gasteiger partial charge >= 0.3 is 0 Å². The third-order valence-electron chi connectivity index (χ3n) is 5.06. The summed E-state index contributed by atoms with van der Waals surface area (Å²) in [4.78, 5) is 38.3. The van der Waals surface area contributed by atoms with Crippen LogP contribution in [0.25, 0.3) is 0 Å². The Kier molecular flexibility index (Phi) is 5.46. The van der Waals surface area contributed by atoms with Crippen LogP contribution in [0.2, 0.25) is 0 Å². The molecule has 2 aliphatic rings. The topological polar surface area (TPSA) is 90.5 Å². The van der Waals surface area contributed by atoms with Crippen LogP contribution in [0.4, 0.5) is 17.1 Å². The van der Waals surface area contributed by atoms with Gasteiger partial charge in [-0.05, 0) is 55.7 Å². The largest absolute Gasteiger partial charge is 0.376 e. The normalized spacial score (nSPS) is 15.9. The van der Waals surface area contributed by atoms with Gasteiger partial charge in [0.25, 0.3) is 5.91 Å². The maximum absolute atomic E-state index is 12.4. The minimum absolute atomic E-state index is 0.0700. The SMILES string of the molecule is O=C(CNc1ccc(N2CCCC2=O)cc1)Nc1ccccc1C(=O)NC1CC1. The minimum atomic E-state index is -0.240. The van der Waals surface area contributed by atoms with Gasteiger partial charge in [-0.1, -0.05) is 12.1 Å². The van der Waals surface area contributed by atoms with Crippen molar-refractivity contribution in [2.45, 2.75) is 31.7 Å². The Hall–Kier alpha value is -3.35. The van der Waals surface area contributed by atoms with Crippen LogP contribution in [-0.4, -0.2) is 36.9 Å². The summed E-state index contributed by atoms with van der Waals surface area (Å²) in [5.74, 6) is -0.256. The van der Waals surface area contributed by atoms with Gasteiger partial charge < -0.3 is 20.9 Å². The number of carbonyl (C=O) groups is 3. The van der Waals surface area contributed by atoms with Gasteiger partial charge in [-0.2, -0.15) is 0 Å². The van der Waals surface area contributed by atoms with Gasteiger partial charge in [0.05, 0.1) is 17.8 Å². The molecule has 1 saturated heterocycles. The molecule has 7 heteroatoms. The first-order chi connectivity index (χ1) is 14.1. The van der Waals surface area contributed by atoms with Gasteiger partial charge in [-0.3, -0.25) is 14.4 Å². The first kappa shape index (κ1) is 19.0. The van der Waals surface area contributed by atoms with E-state index in [2.05, 4.69) is 16.0 Å². The van der Waals surface area contributed by atoms with E-state index < -0.39 is 0 Å². The van der Waals surface area contributed by atoms with Gasteiger partial charge in [-0.15, -0.1) is 0 Å². The van der Waals surface area contributed by atoms with E-state index in [0.717, 1.165) is 37.2 Å². The highest BCUT2D eigenvalue weighted by atomic mass is 16.2. The zero-order chi connectivity index (χ0) is 20.2. The molecule has 1 aliphatic carbocycles.